The van der Waals surface area contributed by atoms with E-state index in [1.807, 2.05) is 4.90 Å². The first kappa shape index (κ1) is 17.1. The van der Waals surface area contributed by atoms with E-state index in [0.29, 0.717) is 42.4 Å². The molecule has 118 valence electrons. The zero-order valence-electron chi connectivity index (χ0n) is 13.3. The van der Waals surface area contributed by atoms with Gasteiger partial charge in [-0.1, -0.05) is 27.7 Å². The van der Waals surface area contributed by atoms with Gasteiger partial charge in [-0.3, -0.25) is 4.79 Å². The number of nitrogens with two attached hydrogens (primary N) is 2. The largest absolute Gasteiger partial charge is 0.476 e. The summed E-state index contributed by atoms with van der Waals surface area (Å²) in [6.45, 7) is 9.60. The van der Waals surface area contributed by atoms with Gasteiger partial charge in [0.1, 0.15) is 5.82 Å². The summed E-state index contributed by atoms with van der Waals surface area (Å²) in [7, 11) is 0. The third-order valence-corrected chi connectivity index (χ3v) is 2.68. The van der Waals surface area contributed by atoms with Crippen LogP contribution in [0.5, 0.6) is 5.88 Å². The second-order valence-electron chi connectivity index (χ2n) is 6.01. The molecule has 0 aliphatic rings. The van der Waals surface area contributed by atoms with Crippen LogP contribution in [0.3, 0.4) is 0 Å². The Kier molecular flexibility index (Phi) is 6.27. The number of nitrogens with zero attached hydrogens (tertiary/aromatic N) is 2. The van der Waals surface area contributed by atoms with Crippen LogP contribution in [0.15, 0.2) is 12.1 Å². The maximum atomic E-state index is 11.2. The van der Waals surface area contributed by atoms with Gasteiger partial charge in [0.2, 0.25) is 11.8 Å². The molecular formula is C15H26N4O2. The number of carbonyl (C=O) groups excluding carboxylic acids is 1. The summed E-state index contributed by atoms with van der Waals surface area (Å²) in [6.07, 6.45) is 0. The van der Waals surface area contributed by atoms with Crippen LogP contribution < -0.4 is 21.1 Å². The van der Waals surface area contributed by atoms with Crippen molar-refractivity contribution in [2.24, 2.45) is 17.6 Å². The van der Waals surface area contributed by atoms with Gasteiger partial charge in [0, 0.05) is 6.54 Å². The second kappa shape index (κ2) is 7.71. The predicted molar refractivity (Wildman–Crippen MR) is 85.2 cm³/mol. The minimum absolute atomic E-state index is 0.124. The first-order valence-corrected chi connectivity index (χ1v) is 7.22. The molecule has 1 aromatic heterocycles. The van der Waals surface area contributed by atoms with E-state index in [9.17, 15) is 4.79 Å². The number of primary amides is 1. The van der Waals surface area contributed by atoms with E-state index >= 15 is 0 Å². The summed E-state index contributed by atoms with van der Waals surface area (Å²) in [5.74, 6) is 1.42. The highest BCUT2D eigenvalue weighted by Crippen LogP contribution is 2.24. The molecule has 6 nitrogen and oxygen atoms in total. The van der Waals surface area contributed by atoms with Crippen LogP contribution in [0.1, 0.15) is 27.7 Å². The average molecular weight is 294 g/mol. The fourth-order valence-electron chi connectivity index (χ4n) is 1.85. The van der Waals surface area contributed by atoms with Crippen molar-refractivity contribution in [1.29, 1.82) is 0 Å². The lowest BCUT2D eigenvalue weighted by Crippen LogP contribution is -2.36. The molecule has 0 atom stereocenters. The smallest absolute Gasteiger partial charge is 0.239 e. The van der Waals surface area contributed by atoms with Gasteiger partial charge in [-0.2, -0.15) is 4.98 Å². The van der Waals surface area contributed by atoms with E-state index in [-0.39, 0.29) is 12.5 Å². The van der Waals surface area contributed by atoms with Crippen molar-refractivity contribution < 1.29 is 9.53 Å². The summed E-state index contributed by atoms with van der Waals surface area (Å²) in [5, 5.41) is 0. The standard InChI is InChI=1S/C15H26N4O2/c1-10(2)7-19(8-13(17)20)14-6-5-12(16)15(18-14)21-9-11(3)4/h5-6,10-11H,7-9,16H2,1-4H3,(H2,17,20). The lowest BCUT2D eigenvalue weighted by molar-refractivity contribution is -0.116. The molecule has 0 saturated heterocycles. The minimum atomic E-state index is -0.390. The lowest BCUT2D eigenvalue weighted by atomic mass is 10.2. The van der Waals surface area contributed by atoms with Crippen molar-refractivity contribution in [3.05, 3.63) is 12.1 Å². The molecule has 0 aliphatic heterocycles. The molecule has 1 rings (SSSR count). The fraction of sp³-hybridized carbons (Fsp3) is 0.600. The average Bonchev–Trinajstić information content (AvgIpc) is 2.35. The topological polar surface area (TPSA) is 94.5 Å². The molecule has 0 spiro atoms. The number of aromatic nitrogens is 1. The number of nitrogen functional groups attached to an aromatic ring is 1. The number of rotatable bonds is 8. The number of amides is 1. The number of carbonyl (C=O) groups is 1. The molecule has 0 unspecified atom stereocenters. The number of ether oxygens (including phenoxy) is 1. The molecule has 6 heteroatoms. The Bertz CT molecular complexity index is 475. The van der Waals surface area contributed by atoms with Gasteiger partial charge in [0.25, 0.3) is 0 Å². The van der Waals surface area contributed by atoms with E-state index in [2.05, 4.69) is 32.7 Å². The molecule has 4 N–H and O–H groups in total. The van der Waals surface area contributed by atoms with Gasteiger partial charge >= 0.3 is 0 Å². The first-order chi connectivity index (χ1) is 9.79. The number of anilines is 2. The Morgan fingerprint density at radius 1 is 1.29 bits per heavy atom. The normalized spacial score (nSPS) is 11.0. The van der Waals surface area contributed by atoms with Crippen molar-refractivity contribution in [3.8, 4) is 5.88 Å². The van der Waals surface area contributed by atoms with E-state index in [4.69, 9.17) is 16.2 Å². The summed E-state index contributed by atoms with van der Waals surface area (Å²) >= 11 is 0. The van der Waals surface area contributed by atoms with Crippen molar-refractivity contribution in [3.63, 3.8) is 0 Å². The van der Waals surface area contributed by atoms with Gasteiger partial charge in [-0.15, -0.1) is 0 Å². The zero-order valence-corrected chi connectivity index (χ0v) is 13.3. The maximum absolute atomic E-state index is 11.2. The van der Waals surface area contributed by atoms with E-state index in [1.54, 1.807) is 12.1 Å². The van der Waals surface area contributed by atoms with Crippen molar-refractivity contribution >= 4 is 17.4 Å². The van der Waals surface area contributed by atoms with Crippen molar-refractivity contribution in [2.75, 3.05) is 30.3 Å². The Hall–Kier alpha value is -1.98. The van der Waals surface area contributed by atoms with E-state index < -0.39 is 0 Å². The molecule has 0 radical (unpaired) electrons. The Labute approximate surface area is 126 Å². The molecule has 0 bridgehead atoms. The highest BCUT2D eigenvalue weighted by Gasteiger charge is 2.15. The van der Waals surface area contributed by atoms with Gasteiger partial charge in [-0.05, 0) is 24.0 Å². The molecule has 0 aliphatic carbocycles. The molecular weight excluding hydrogens is 268 g/mol. The third-order valence-electron chi connectivity index (χ3n) is 2.68. The summed E-state index contributed by atoms with van der Waals surface area (Å²) in [5.41, 5.74) is 11.7. The van der Waals surface area contributed by atoms with Crippen LogP contribution in [0.25, 0.3) is 0 Å². The molecule has 0 saturated carbocycles. The monoisotopic (exact) mass is 294 g/mol. The summed E-state index contributed by atoms with van der Waals surface area (Å²) in [4.78, 5) is 17.5. The molecule has 0 fully saturated rings. The lowest BCUT2D eigenvalue weighted by Gasteiger charge is -2.25. The van der Waals surface area contributed by atoms with Gasteiger partial charge < -0.3 is 21.1 Å². The minimum Gasteiger partial charge on any atom is -0.476 e. The van der Waals surface area contributed by atoms with Crippen LogP contribution in [-0.2, 0) is 4.79 Å². The quantitative estimate of drug-likeness (QED) is 0.760. The second-order valence-corrected chi connectivity index (χ2v) is 6.01. The summed E-state index contributed by atoms with van der Waals surface area (Å²) < 4.78 is 5.62. The third kappa shape index (κ3) is 5.89. The molecule has 1 aromatic rings. The maximum Gasteiger partial charge on any atom is 0.239 e. The predicted octanol–water partition coefficient (Wildman–Crippen LogP) is 1.65. The highest BCUT2D eigenvalue weighted by atomic mass is 16.5. The molecule has 1 amide bonds. The number of pyridine rings is 1. The van der Waals surface area contributed by atoms with Crippen molar-refractivity contribution in [2.45, 2.75) is 27.7 Å². The van der Waals surface area contributed by atoms with Crippen LogP contribution >= 0.6 is 0 Å². The van der Waals surface area contributed by atoms with Gasteiger partial charge in [-0.25, -0.2) is 0 Å². The SMILES string of the molecule is CC(C)COc1nc(N(CC(N)=O)CC(C)C)ccc1N. The van der Waals surface area contributed by atoms with Gasteiger partial charge in [0.15, 0.2) is 0 Å². The first-order valence-electron chi connectivity index (χ1n) is 7.22. The van der Waals surface area contributed by atoms with Gasteiger partial charge in [0.05, 0.1) is 18.8 Å². The van der Waals surface area contributed by atoms with E-state index in [0.717, 1.165) is 0 Å². The summed E-state index contributed by atoms with van der Waals surface area (Å²) in [6, 6.07) is 3.52. The van der Waals surface area contributed by atoms with Crippen molar-refractivity contribution in [1.82, 2.24) is 4.98 Å². The number of hydrogen-bond donors (Lipinski definition) is 2. The number of hydrogen-bond acceptors (Lipinski definition) is 5. The zero-order chi connectivity index (χ0) is 16.0. The van der Waals surface area contributed by atoms with Crippen LogP contribution in [-0.4, -0.2) is 30.6 Å². The molecule has 0 aromatic carbocycles. The van der Waals surface area contributed by atoms with Crippen LogP contribution in [0.4, 0.5) is 11.5 Å². The van der Waals surface area contributed by atoms with Crippen LogP contribution in [0, 0.1) is 11.8 Å². The van der Waals surface area contributed by atoms with Crippen LogP contribution in [0.2, 0.25) is 0 Å². The molecule has 21 heavy (non-hydrogen) atoms. The fourth-order valence-corrected chi connectivity index (χ4v) is 1.85. The Morgan fingerprint density at radius 2 is 1.95 bits per heavy atom. The highest BCUT2D eigenvalue weighted by molar-refractivity contribution is 5.79. The Morgan fingerprint density at radius 3 is 2.48 bits per heavy atom. The molecule has 1 heterocycles. The Balaban J connectivity index is 2.96. The van der Waals surface area contributed by atoms with E-state index in [1.165, 1.54) is 0 Å².